The summed E-state index contributed by atoms with van der Waals surface area (Å²) < 4.78 is 32.7. The lowest BCUT2D eigenvalue weighted by molar-refractivity contribution is -0.141. The van der Waals surface area contributed by atoms with E-state index in [9.17, 15) is 23.1 Å². The van der Waals surface area contributed by atoms with Crippen molar-refractivity contribution in [2.24, 2.45) is 4.40 Å². The van der Waals surface area contributed by atoms with Crippen LogP contribution in [0.3, 0.4) is 0 Å². The van der Waals surface area contributed by atoms with E-state index < -0.39 is 27.9 Å². The molecule has 1 atom stereocenters. The van der Waals surface area contributed by atoms with Gasteiger partial charge in [-0.15, -0.1) is 4.40 Å². The summed E-state index contributed by atoms with van der Waals surface area (Å²) in [6.45, 7) is 0.720. The summed E-state index contributed by atoms with van der Waals surface area (Å²) in [4.78, 5) is 23.3. The van der Waals surface area contributed by atoms with E-state index >= 15 is 0 Å². The lowest BCUT2D eigenvalue weighted by atomic mass is 10.1. The Bertz CT molecular complexity index is 1060. The molecule has 2 aromatic carbocycles. The smallest absolute Gasteiger partial charge is 0.302 e. The van der Waals surface area contributed by atoms with Gasteiger partial charge < -0.3 is 20.5 Å². The average Bonchev–Trinajstić information content (AvgIpc) is 2.95. The van der Waals surface area contributed by atoms with Crippen molar-refractivity contribution in [2.75, 3.05) is 18.5 Å². The van der Waals surface area contributed by atoms with Gasteiger partial charge in [0, 0.05) is 23.7 Å². The number of nitrogens with one attached hydrogen (secondary N) is 2. The number of aliphatic hydroxyl groups excluding tert-OH is 1. The number of aliphatic hydroxyl groups is 1. The third kappa shape index (κ3) is 4.79. The van der Waals surface area contributed by atoms with Crippen LogP contribution in [0.1, 0.15) is 22.8 Å². The van der Waals surface area contributed by atoms with Crippen molar-refractivity contribution in [3.05, 3.63) is 59.7 Å². The van der Waals surface area contributed by atoms with Gasteiger partial charge in [-0.2, -0.15) is 8.42 Å². The largest absolute Gasteiger partial charge is 0.464 e. The summed E-state index contributed by atoms with van der Waals surface area (Å²) >= 11 is 0. The summed E-state index contributed by atoms with van der Waals surface area (Å²) in [5.74, 6) is -0.750. The topological polar surface area (TPSA) is 134 Å². The van der Waals surface area contributed by atoms with E-state index in [4.69, 9.17) is 4.74 Å². The second-order valence-electron chi connectivity index (χ2n) is 6.27. The normalized spacial score (nSPS) is 15.0. The summed E-state index contributed by atoms with van der Waals surface area (Å²) in [6.07, 6.45) is 0. The van der Waals surface area contributed by atoms with Crippen molar-refractivity contribution < 1.29 is 27.9 Å². The van der Waals surface area contributed by atoms with Crippen LogP contribution in [0.15, 0.2) is 57.8 Å². The van der Waals surface area contributed by atoms with E-state index in [2.05, 4.69) is 15.0 Å². The fourth-order valence-electron chi connectivity index (χ4n) is 2.66. The number of hydrogen-bond donors (Lipinski definition) is 3. The highest BCUT2D eigenvalue weighted by Gasteiger charge is 2.28. The molecule has 0 radical (unpaired) electrons. The number of anilines is 1. The van der Waals surface area contributed by atoms with Crippen LogP contribution in [0.4, 0.5) is 5.69 Å². The van der Waals surface area contributed by atoms with Crippen molar-refractivity contribution in [1.82, 2.24) is 5.32 Å². The minimum atomic E-state index is -3.72. The van der Waals surface area contributed by atoms with Crippen LogP contribution in [-0.2, 0) is 19.6 Å². The number of benzene rings is 2. The van der Waals surface area contributed by atoms with E-state index in [0.29, 0.717) is 16.8 Å². The Balaban J connectivity index is 1.68. The Morgan fingerprint density at radius 3 is 2.48 bits per heavy atom. The molecule has 1 amide bonds. The molecule has 0 fully saturated rings. The zero-order valence-electron chi connectivity index (χ0n) is 15.5. The number of sulfonamides is 1. The van der Waals surface area contributed by atoms with E-state index in [0.717, 1.165) is 0 Å². The van der Waals surface area contributed by atoms with Gasteiger partial charge in [0.15, 0.2) is 5.84 Å². The third-order valence-electron chi connectivity index (χ3n) is 4.08. The Kier molecular flexibility index (Phi) is 5.95. The fraction of sp³-hybridized carbons (Fsp3) is 0.211. The van der Waals surface area contributed by atoms with Gasteiger partial charge in [0.2, 0.25) is 0 Å². The number of carbonyl (C=O) groups is 2. The monoisotopic (exact) mass is 417 g/mol. The van der Waals surface area contributed by atoms with Gasteiger partial charge in [0.1, 0.15) is 11.5 Å². The van der Waals surface area contributed by atoms with E-state index in [1.165, 1.54) is 25.1 Å². The number of amidine groups is 1. The molecule has 0 spiro atoms. The molecule has 0 bridgehead atoms. The summed E-state index contributed by atoms with van der Waals surface area (Å²) in [6, 6.07) is 12.0. The van der Waals surface area contributed by atoms with Gasteiger partial charge >= 0.3 is 5.97 Å². The van der Waals surface area contributed by atoms with Crippen LogP contribution in [0.5, 0.6) is 0 Å². The molecule has 152 valence electrons. The van der Waals surface area contributed by atoms with Gasteiger partial charge in [-0.25, -0.2) is 0 Å². The fourth-order valence-corrected chi connectivity index (χ4v) is 3.84. The number of carbonyl (C=O) groups excluding carboxylic acids is 2. The Morgan fingerprint density at radius 2 is 1.83 bits per heavy atom. The molecule has 3 rings (SSSR count). The predicted molar refractivity (Wildman–Crippen MR) is 105 cm³/mol. The lowest BCUT2D eigenvalue weighted by Gasteiger charge is -2.16. The van der Waals surface area contributed by atoms with E-state index in [1.54, 1.807) is 30.3 Å². The van der Waals surface area contributed by atoms with Crippen LogP contribution in [0.2, 0.25) is 0 Å². The molecule has 3 N–H and O–H groups in total. The SMILES string of the molecule is CC(=O)OCC(CO)NC(=O)c1ccc(NC2=NS(=O)(=O)c3ccccc32)cc1. The van der Waals surface area contributed by atoms with Crippen LogP contribution >= 0.6 is 0 Å². The summed E-state index contributed by atoms with van der Waals surface area (Å²) in [5.41, 5.74) is 1.34. The first kappa shape index (κ1) is 20.5. The molecule has 9 nitrogen and oxygen atoms in total. The Hall–Kier alpha value is -3.24. The number of hydrogen-bond acceptors (Lipinski definition) is 7. The maximum absolute atomic E-state index is 12.3. The first-order chi connectivity index (χ1) is 13.8. The number of nitrogens with zero attached hydrogens (tertiary/aromatic N) is 1. The van der Waals surface area contributed by atoms with Gasteiger partial charge in [0.05, 0.1) is 12.6 Å². The van der Waals surface area contributed by atoms with Crippen molar-refractivity contribution in [2.45, 2.75) is 17.9 Å². The average molecular weight is 417 g/mol. The molecule has 0 aliphatic carbocycles. The van der Waals surface area contributed by atoms with Crippen molar-refractivity contribution >= 4 is 33.4 Å². The Morgan fingerprint density at radius 1 is 1.14 bits per heavy atom. The highest BCUT2D eigenvalue weighted by Crippen LogP contribution is 2.26. The van der Waals surface area contributed by atoms with Crippen LogP contribution in [0, 0.1) is 0 Å². The molecule has 0 aromatic heterocycles. The highest BCUT2D eigenvalue weighted by atomic mass is 32.2. The number of rotatable bonds is 6. The molecule has 1 heterocycles. The quantitative estimate of drug-likeness (QED) is 0.595. The van der Waals surface area contributed by atoms with Crippen LogP contribution in [0.25, 0.3) is 0 Å². The first-order valence-corrected chi connectivity index (χ1v) is 10.1. The molecule has 2 aromatic rings. The van der Waals surface area contributed by atoms with Crippen molar-refractivity contribution in [3.8, 4) is 0 Å². The molecule has 10 heteroatoms. The third-order valence-corrected chi connectivity index (χ3v) is 5.42. The maximum atomic E-state index is 12.3. The van der Waals surface area contributed by atoms with Crippen molar-refractivity contribution in [1.29, 1.82) is 0 Å². The molecule has 1 unspecified atom stereocenters. The van der Waals surface area contributed by atoms with Gasteiger partial charge in [-0.05, 0) is 36.4 Å². The van der Waals surface area contributed by atoms with E-state index in [-0.39, 0.29) is 23.9 Å². The highest BCUT2D eigenvalue weighted by molar-refractivity contribution is 7.90. The second kappa shape index (κ2) is 8.41. The first-order valence-electron chi connectivity index (χ1n) is 8.66. The zero-order chi connectivity index (χ0) is 21.0. The lowest BCUT2D eigenvalue weighted by Crippen LogP contribution is -2.41. The molecular formula is C19H19N3O6S. The number of ether oxygens (including phenoxy) is 1. The predicted octanol–water partition coefficient (Wildman–Crippen LogP) is 0.901. The Labute approximate surface area is 167 Å². The van der Waals surface area contributed by atoms with E-state index in [1.807, 2.05) is 0 Å². The standard InChI is InChI=1S/C19H19N3O6S/c1-12(24)28-11-15(10-23)21-19(25)13-6-8-14(9-7-13)20-18-16-4-2-3-5-17(16)29(26,27)22-18/h2-9,15,23H,10-11H2,1H3,(H,20,22)(H,21,25). The number of esters is 1. The number of amides is 1. The number of fused-ring (bicyclic) bond motifs is 1. The zero-order valence-corrected chi connectivity index (χ0v) is 16.3. The molecule has 0 saturated heterocycles. The molecular weight excluding hydrogens is 398 g/mol. The minimum absolute atomic E-state index is 0.134. The summed E-state index contributed by atoms with van der Waals surface area (Å²) in [5, 5.41) is 14.8. The molecule has 1 aliphatic rings. The van der Waals surface area contributed by atoms with Gasteiger partial charge in [-0.3, -0.25) is 9.59 Å². The van der Waals surface area contributed by atoms with Crippen molar-refractivity contribution in [3.63, 3.8) is 0 Å². The minimum Gasteiger partial charge on any atom is -0.464 e. The summed E-state index contributed by atoms with van der Waals surface area (Å²) in [7, 11) is -3.72. The second-order valence-corrected chi connectivity index (χ2v) is 7.84. The molecule has 1 aliphatic heterocycles. The van der Waals surface area contributed by atoms with Gasteiger partial charge in [0.25, 0.3) is 15.9 Å². The van der Waals surface area contributed by atoms with Crippen LogP contribution in [-0.4, -0.2) is 50.5 Å². The molecule has 0 saturated carbocycles. The molecule has 29 heavy (non-hydrogen) atoms. The van der Waals surface area contributed by atoms with Crippen LogP contribution < -0.4 is 10.6 Å². The van der Waals surface area contributed by atoms with Gasteiger partial charge in [-0.1, -0.05) is 12.1 Å². The maximum Gasteiger partial charge on any atom is 0.302 e.